The molecule has 1 N–H and O–H groups in total. The summed E-state index contributed by atoms with van der Waals surface area (Å²) in [4.78, 5) is 9.41. The van der Waals surface area contributed by atoms with Gasteiger partial charge in [0.05, 0.1) is 0 Å². The minimum absolute atomic E-state index is 0.165. The minimum Gasteiger partial charge on any atom is -0.337 e. The topological polar surface area (TPSA) is 41.0 Å². The number of hydrogen-bond donors (Lipinski definition) is 1. The van der Waals surface area contributed by atoms with Crippen LogP contribution in [0.2, 0.25) is 0 Å². The summed E-state index contributed by atoms with van der Waals surface area (Å²) in [5, 5.41) is 3.03. The SMILES string of the molecule is CNCC1CCCN1c1nccc(C(F)(F)F)n1. The third-order valence-corrected chi connectivity index (χ3v) is 3.01. The van der Waals surface area contributed by atoms with Crippen LogP contribution in [0.15, 0.2) is 12.3 Å². The lowest BCUT2D eigenvalue weighted by atomic mass is 10.2. The number of alkyl halides is 3. The van der Waals surface area contributed by atoms with E-state index in [9.17, 15) is 13.2 Å². The van der Waals surface area contributed by atoms with Crippen molar-refractivity contribution < 1.29 is 13.2 Å². The first-order valence-corrected chi connectivity index (χ1v) is 5.84. The van der Waals surface area contributed by atoms with Crippen molar-refractivity contribution >= 4 is 5.95 Å². The first-order chi connectivity index (χ1) is 8.52. The van der Waals surface area contributed by atoms with E-state index in [-0.39, 0.29) is 12.0 Å². The Hall–Kier alpha value is -1.37. The van der Waals surface area contributed by atoms with E-state index in [2.05, 4.69) is 15.3 Å². The van der Waals surface area contributed by atoms with Crippen molar-refractivity contribution in [2.75, 3.05) is 25.0 Å². The van der Waals surface area contributed by atoms with E-state index in [1.54, 1.807) is 0 Å². The summed E-state index contributed by atoms with van der Waals surface area (Å²) in [5.74, 6) is 0.169. The van der Waals surface area contributed by atoms with Crippen LogP contribution in [0.1, 0.15) is 18.5 Å². The summed E-state index contributed by atoms with van der Waals surface area (Å²) >= 11 is 0. The zero-order valence-corrected chi connectivity index (χ0v) is 10.0. The molecule has 2 heterocycles. The van der Waals surface area contributed by atoms with E-state index < -0.39 is 11.9 Å². The van der Waals surface area contributed by atoms with Gasteiger partial charge in [0.15, 0.2) is 0 Å². The number of hydrogen-bond acceptors (Lipinski definition) is 4. The molecule has 0 amide bonds. The molecule has 0 aromatic carbocycles. The average Bonchev–Trinajstić information content (AvgIpc) is 2.77. The Bertz CT molecular complexity index is 408. The van der Waals surface area contributed by atoms with E-state index in [1.165, 1.54) is 6.20 Å². The second-order valence-corrected chi connectivity index (χ2v) is 4.29. The molecule has 1 atom stereocenters. The van der Waals surface area contributed by atoms with Crippen LogP contribution in [0.4, 0.5) is 19.1 Å². The molecule has 0 aliphatic carbocycles. The quantitative estimate of drug-likeness (QED) is 0.897. The second kappa shape index (κ2) is 5.09. The van der Waals surface area contributed by atoms with Gasteiger partial charge in [-0.1, -0.05) is 0 Å². The maximum Gasteiger partial charge on any atom is 0.433 e. The number of nitrogens with zero attached hydrogens (tertiary/aromatic N) is 3. The molecule has 0 spiro atoms. The molecular weight excluding hydrogens is 245 g/mol. The van der Waals surface area contributed by atoms with Gasteiger partial charge in [-0.05, 0) is 26.0 Å². The first kappa shape index (κ1) is 13.1. The van der Waals surface area contributed by atoms with Crippen molar-refractivity contribution in [3.8, 4) is 0 Å². The largest absolute Gasteiger partial charge is 0.433 e. The molecule has 7 heteroatoms. The van der Waals surface area contributed by atoms with Crippen LogP contribution in [0.3, 0.4) is 0 Å². The summed E-state index contributed by atoms with van der Waals surface area (Å²) in [6.07, 6.45) is -1.36. The van der Waals surface area contributed by atoms with Crippen molar-refractivity contribution in [3.05, 3.63) is 18.0 Å². The Labute approximate surface area is 103 Å². The highest BCUT2D eigenvalue weighted by atomic mass is 19.4. The average molecular weight is 260 g/mol. The van der Waals surface area contributed by atoms with Crippen LogP contribution in [-0.2, 0) is 6.18 Å². The number of halogens is 3. The molecule has 18 heavy (non-hydrogen) atoms. The molecule has 1 aromatic heterocycles. The molecular formula is C11H15F3N4. The van der Waals surface area contributed by atoms with Crippen molar-refractivity contribution in [1.82, 2.24) is 15.3 Å². The Morgan fingerprint density at radius 3 is 2.94 bits per heavy atom. The fourth-order valence-electron chi connectivity index (χ4n) is 2.19. The van der Waals surface area contributed by atoms with E-state index in [1.807, 2.05) is 11.9 Å². The lowest BCUT2D eigenvalue weighted by Crippen LogP contribution is -2.38. The predicted octanol–water partition coefficient (Wildman–Crippen LogP) is 1.68. The van der Waals surface area contributed by atoms with E-state index in [4.69, 9.17) is 0 Å². The molecule has 1 unspecified atom stereocenters. The van der Waals surface area contributed by atoms with Gasteiger partial charge in [-0.2, -0.15) is 13.2 Å². The van der Waals surface area contributed by atoms with Crippen LogP contribution in [0, 0.1) is 0 Å². The summed E-state index contributed by atoms with van der Waals surface area (Å²) < 4.78 is 37.7. The van der Waals surface area contributed by atoms with Gasteiger partial charge in [0, 0.05) is 25.3 Å². The van der Waals surface area contributed by atoms with Gasteiger partial charge in [-0.3, -0.25) is 0 Å². The van der Waals surface area contributed by atoms with Crippen molar-refractivity contribution in [3.63, 3.8) is 0 Å². The van der Waals surface area contributed by atoms with Gasteiger partial charge >= 0.3 is 6.18 Å². The molecule has 1 aliphatic rings. The van der Waals surface area contributed by atoms with Crippen LogP contribution in [0.25, 0.3) is 0 Å². The molecule has 1 saturated heterocycles. The van der Waals surface area contributed by atoms with Crippen LogP contribution < -0.4 is 10.2 Å². The summed E-state index contributed by atoms with van der Waals surface area (Å²) in [6, 6.07) is 1.06. The standard InChI is InChI=1S/C11H15F3N4/c1-15-7-8-3-2-6-18(8)10-16-5-4-9(17-10)11(12,13)14/h4-5,8,15H,2-3,6-7H2,1H3. The zero-order chi connectivity index (χ0) is 13.2. The van der Waals surface area contributed by atoms with Crippen molar-refractivity contribution in [1.29, 1.82) is 0 Å². The number of rotatable bonds is 3. The molecule has 1 aromatic rings. The van der Waals surface area contributed by atoms with Gasteiger partial charge in [0.1, 0.15) is 5.69 Å². The highest BCUT2D eigenvalue weighted by Crippen LogP contribution is 2.29. The number of anilines is 1. The van der Waals surface area contributed by atoms with Gasteiger partial charge in [-0.15, -0.1) is 0 Å². The second-order valence-electron chi connectivity index (χ2n) is 4.29. The normalized spacial score (nSPS) is 20.4. The zero-order valence-electron chi connectivity index (χ0n) is 10.0. The lowest BCUT2D eigenvalue weighted by Gasteiger charge is -2.24. The molecule has 4 nitrogen and oxygen atoms in total. The molecule has 1 aliphatic heterocycles. The third-order valence-electron chi connectivity index (χ3n) is 3.01. The van der Waals surface area contributed by atoms with Gasteiger partial charge < -0.3 is 10.2 Å². The molecule has 2 rings (SSSR count). The monoisotopic (exact) mass is 260 g/mol. The first-order valence-electron chi connectivity index (χ1n) is 5.84. The van der Waals surface area contributed by atoms with E-state index in [0.717, 1.165) is 25.5 Å². The third kappa shape index (κ3) is 2.72. The maximum absolute atomic E-state index is 12.6. The van der Waals surface area contributed by atoms with Gasteiger partial charge in [-0.25, -0.2) is 9.97 Å². The lowest BCUT2D eigenvalue weighted by molar-refractivity contribution is -0.141. The summed E-state index contributed by atoms with van der Waals surface area (Å²) in [5.41, 5.74) is -0.886. The highest BCUT2D eigenvalue weighted by Gasteiger charge is 2.34. The maximum atomic E-state index is 12.6. The molecule has 0 saturated carbocycles. The van der Waals surface area contributed by atoms with E-state index in [0.29, 0.717) is 6.54 Å². The fourth-order valence-corrected chi connectivity index (χ4v) is 2.19. The van der Waals surface area contributed by atoms with Crippen LogP contribution >= 0.6 is 0 Å². The Balaban J connectivity index is 2.22. The molecule has 100 valence electrons. The summed E-state index contributed by atoms with van der Waals surface area (Å²) in [7, 11) is 1.82. The molecule has 1 fully saturated rings. The van der Waals surface area contributed by atoms with E-state index >= 15 is 0 Å². The predicted molar refractivity (Wildman–Crippen MR) is 61.3 cm³/mol. The van der Waals surface area contributed by atoms with Crippen molar-refractivity contribution in [2.24, 2.45) is 0 Å². The minimum atomic E-state index is -4.42. The van der Waals surface area contributed by atoms with Gasteiger partial charge in [0.25, 0.3) is 0 Å². The summed E-state index contributed by atoms with van der Waals surface area (Å²) in [6.45, 7) is 1.42. The van der Waals surface area contributed by atoms with Gasteiger partial charge in [0.2, 0.25) is 5.95 Å². The Morgan fingerprint density at radius 2 is 2.28 bits per heavy atom. The molecule has 0 bridgehead atoms. The molecule has 0 radical (unpaired) electrons. The van der Waals surface area contributed by atoms with Crippen LogP contribution in [-0.4, -0.2) is 36.1 Å². The fraction of sp³-hybridized carbons (Fsp3) is 0.636. The number of aromatic nitrogens is 2. The number of likely N-dealkylation sites (N-methyl/N-ethyl adjacent to an activating group) is 1. The Morgan fingerprint density at radius 1 is 1.50 bits per heavy atom. The number of nitrogens with one attached hydrogen (secondary N) is 1. The highest BCUT2D eigenvalue weighted by molar-refractivity contribution is 5.34. The van der Waals surface area contributed by atoms with Crippen LogP contribution in [0.5, 0.6) is 0 Å². The van der Waals surface area contributed by atoms with Crippen molar-refractivity contribution in [2.45, 2.75) is 25.1 Å². The smallest absolute Gasteiger partial charge is 0.337 e. The Kier molecular flexibility index (Phi) is 3.70.